The predicted molar refractivity (Wildman–Crippen MR) is 77.4 cm³/mol. The van der Waals surface area contributed by atoms with Crippen LogP contribution in [0.15, 0.2) is 39.0 Å². The van der Waals surface area contributed by atoms with Crippen LogP contribution >= 0.6 is 0 Å². The van der Waals surface area contributed by atoms with Crippen LogP contribution in [0.25, 0.3) is 0 Å². The second-order valence-electron chi connectivity index (χ2n) is 5.01. The van der Waals surface area contributed by atoms with Gasteiger partial charge in [0.25, 0.3) is 5.56 Å². The lowest BCUT2D eigenvalue weighted by Crippen LogP contribution is -2.32. The molecule has 2 aromatic rings. The number of rotatable bonds is 2. The molecule has 0 aliphatic carbocycles. The highest BCUT2D eigenvalue weighted by molar-refractivity contribution is 6.03. The van der Waals surface area contributed by atoms with E-state index in [1.165, 1.54) is 19.2 Å². The summed E-state index contributed by atoms with van der Waals surface area (Å²) in [5.41, 5.74) is 2.55. The molecular formula is C14H13FN4O3. The molecule has 0 saturated carbocycles. The number of benzene rings is 1. The molecule has 1 atom stereocenters. The summed E-state index contributed by atoms with van der Waals surface area (Å²) in [6.07, 6.45) is 0.334. The average molecular weight is 304 g/mol. The first kappa shape index (κ1) is 14.1. The number of hydrazone groups is 1. The van der Waals surface area contributed by atoms with Crippen molar-refractivity contribution in [2.24, 2.45) is 12.1 Å². The quantitative estimate of drug-likeness (QED) is 0.745. The van der Waals surface area contributed by atoms with Crippen molar-refractivity contribution in [3.8, 4) is 5.88 Å². The number of aromatic nitrogens is 2. The van der Waals surface area contributed by atoms with Crippen molar-refractivity contribution < 1.29 is 9.50 Å². The third-order valence-electron chi connectivity index (χ3n) is 3.61. The highest BCUT2D eigenvalue weighted by Crippen LogP contribution is 2.25. The zero-order chi connectivity index (χ0) is 15.9. The maximum Gasteiger partial charge on any atom is 0.330 e. The maximum atomic E-state index is 12.9. The standard InChI is InChI=1S/C14H13FN4O3/c1-19-13(21)11(12(20)16-14(19)22)10-6-9(17-18-10)7-2-4-8(15)5-3-7/h2-5,9,17,21H,6H2,1H3,(H,16,20,22)/t9-/m0/s1. The monoisotopic (exact) mass is 304 g/mol. The Morgan fingerprint density at radius 2 is 2.00 bits per heavy atom. The van der Waals surface area contributed by atoms with Gasteiger partial charge in [0.05, 0.1) is 11.8 Å². The minimum absolute atomic E-state index is 0.0424. The van der Waals surface area contributed by atoms with Crippen LogP contribution < -0.4 is 16.7 Å². The van der Waals surface area contributed by atoms with Crippen LogP contribution in [0, 0.1) is 5.82 Å². The molecule has 0 spiro atoms. The van der Waals surface area contributed by atoms with E-state index in [9.17, 15) is 19.1 Å². The lowest BCUT2D eigenvalue weighted by molar-refractivity contribution is 0.416. The first-order valence-electron chi connectivity index (χ1n) is 6.57. The minimum Gasteiger partial charge on any atom is -0.494 e. The Bertz CT molecular complexity index is 867. The first-order valence-corrected chi connectivity index (χ1v) is 6.57. The molecule has 22 heavy (non-hydrogen) atoms. The van der Waals surface area contributed by atoms with Crippen LogP contribution in [-0.4, -0.2) is 20.4 Å². The number of hydrogen-bond donors (Lipinski definition) is 3. The van der Waals surface area contributed by atoms with Gasteiger partial charge in [0.2, 0.25) is 5.88 Å². The maximum absolute atomic E-state index is 12.9. The van der Waals surface area contributed by atoms with Gasteiger partial charge in [-0.3, -0.25) is 14.3 Å². The van der Waals surface area contributed by atoms with Gasteiger partial charge in [-0.2, -0.15) is 5.10 Å². The summed E-state index contributed by atoms with van der Waals surface area (Å²) in [6, 6.07) is 5.69. The molecule has 3 rings (SSSR count). The van der Waals surface area contributed by atoms with E-state index in [1.807, 2.05) is 0 Å². The van der Waals surface area contributed by atoms with E-state index in [-0.39, 0.29) is 17.4 Å². The van der Waals surface area contributed by atoms with Gasteiger partial charge in [-0.1, -0.05) is 12.1 Å². The summed E-state index contributed by atoms with van der Waals surface area (Å²) in [5.74, 6) is -0.774. The van der Waals surface area contributed by atoms with Crippen LogP contribution in [0.3, 0.4) is 0 Å². The number of nitrogens with one attached hydrogen (secondary N) is 2. The molecule has 0 radical (unpaired) electrons. The number of H-pyrrole nitrogens is 1. The Morgan fingerprint density at radius 3 is 2.68 bits per heavy atom. The van der Waals surface area contributed by atoms with Crippen molar-refractivity contribution >= 4 is 5.71 Å². The molecule has 0 bridgehead atoms. The first-order chi connectivity index (χ1) is 10.5. The Morgan fingerprint density at radius 1 is 1.32 bits per heavy atom. The fraction of sp³-hybridized carbons (Fsp3) is 0.214. The van der Waals surface area contributed by atoms with Gasteiger partial charge in [-0.05, 0) is 17.7 Å². The SMILES string of the molecule is Cn1c(O)c(C2=NN[C@H](c3ccc(F)cc3)C2)c(=O)[nH]c1=O. The van der Waals surface area contributed by atoms with Gasteiger partial charge < -0.3 is 10.5 Å². The predicted octanol–water partition coefficient (Wildman–Crippen LogP) is 0.357. The minimum atomic E-state index is -0.701. The van der Waals surface area contributed by atoms with Crippen molar-refractivity contribution in [3.05, 3.63) is 62.0 Å². The average Bonchev–Trinajstić information content (AvgIpc) is 2.95. The fourth-order valence-corrected chi connectivity index (χ4v) is 2.35. The smallest absolute Gasteiger partial charge is 0.330 e. The van der Waals surface area contributed by atoms with Gasteiger partial charge >= 0.3 is 5.69 Å². The van der Waals surface area contributed by atoms with Gasteiger partial charge in [-0.15, -0.1) is 0 Å². The zero-order valence-electron chi connectivity index (χ0n) is 11.6. The summed E-state index contributed by atoms with van der Waals surface area (Å²) in [7, 11) is 1.34. The largest absolute Gasteiger partial charge is 0.494 e. The van der Waals surface area contributed by atoms with Gasteiger partial charge in [0.15, 0.2) is 0 Å². The second-order valence-corrected chi connectivity index (χ2v) is 5.01. The van der Waals surface area contributed by atoms with Crippen LogP contribution in [0.1, 0.15) is 23.6 Å². The van der Waals surface area contributed by atoms with Crippen LogP contribution in [0.4, 0.5) is 4.39 Å². The summed E-state index contributed by atoms with van der Waals surface area (Å²) in [6.45, 7) is 0. The van der Waals surface area contributed by atoms with Gasteiger partial charge in [0, 0.05) is 13.5 Å². The zero-order valence-corrected chi connectivity index (χ0v) is 11.6. The normalized spacial score (nSPS) is 17.2. The summed E-state index contributed by atoms with van der Waals surface area (Å²) in [4.78, 5) is 25.4. The van der Waals surface area contributed by atoms with Crippen molar-refractivity contribution in [1.82, 2.24) is 15.0 Å². The highest BCUT2D eigenvalue weighted by Gasteiger charge is 2.26. The topological polar surface area (TPSA) is 99.5 Å². The molecule has 3 N–H and O–H groups in total. The Labute approximate surface area is 123 Å². The lowest BCUT2D eigenvalue weighted by atomic mass is 10.00. The molecule has 1 aromatic heterocycles. The van der Waals surface area contributed by atoms with Crippen LogP contribution in [0.2, 0.25) is 0 Å². The summed E-state index contributed by atoms with van der Waals surface area (Å²) < 4.78 is 13.9. The molecule has 0 amide bonds. The number of hydrogen-bond acceptors (Lipinski definition) is 5. The number of nitrogens with zero attached hydrogens (tertiary/aromatic N) is 2. The third kappa shape index (κ3) is 2.28. The molecule has 114 valence electrons. The molecule has 1 aromatic carbocycles. The lowest BCUT2D eigenvalue weighted by Gasteiger charge is -2.10. The molecular weight excluding hydrogens is 291 g/mol. The van der Waals surface area contributed by atoms with Crippen LogP contribution in [-0.2, 0) is 7.05 Å². The van der Waals surface area contributed by atoms with Crippen molar-refractivity contribution in [3.63, 3.8) is 0 Å². The van der Waals surface area contributed by atoms with E-state index >= 15 is 0 Å². The summed E-state index contributed by atoms with van der Waals surface area (Å²) in [5, 5.41) is 14.1. The Kier molecular flexibility index (Phi) is 3.28. The molecule has 0 unspecified atom stereocenters. The van der Waals surface area contributed by atoms with E-state index < -0.39 is 17.1 Å². The molecule has 7 nitrogen and oxygen atoms in total. The van der Waals surface area contributed by atoms with E-state index in [0.717, 1.165) is 10.1 Å². The molecule has 1 aliphatic rings. The highest BCUT2D eigenvalue weighted by atomic mass is 19.1. The fourth-order valence-electron chi connectivity index (χ4n) is 2.35. The molecule has 8 heteroatoms. The van der Waals surface area contributed by atoms with Gasteiger partial charge in [0.1, 0.15) is 11.4 Å². The molecule has 0 saturated heterocycles. The summed E-state index contributed by atoms with van der Waals surface area (Å²) >= 11 is 0. The Balaban J connectivity index is 1.93. The molecule has 0 fully saturated rings. The number of aromatic amines is 1. The van der Waals surface area contributed by atoms with Crippen LogP contribution in [0.5, 0.6) is 5.88 Å². The van der Waals surface area contributed by atoms with Crippen molar-refractivity contribution in [2.75, 3.05) is 0 Å². The van der Waals surface area contributed by atoms with E-state index in [0.29, 0.717) is 12.1 Å². The second kappa shape index (κ2) is 5.14. The molecule has 1 aliphatic heterocycles. The van der Waals surface area contributed by atoms with Crippen molar-refractivity contribution in [2.45, 2.75) is 12.5 Å². The Hall–Kier alpha value is -2.90. The van der Waals surface area contributed by atoms with E-state index in [1.54, 1.807) is 12.1 Å². The molecule has 2 heterocycles. The number of aromatic hydroxyl groups is 1. The van der Waals surface area contributed by atoms with Gasteiger partial charge in [-0.25, -0.2) is 9.18 Å². The van der Waals surface area contributed by atoms with E-state index in [2.05, 4.69) is 15.5 Å². The third-order valence-corrected chi connectivity index (χ3v) is 3.61. The number of halogens is 1. The van der Waals surface area contributed by atoms with Crippen molar-refractivity contribution in [1.29, 1.82) is 0 Å². The van der Waals surface area contributed by atoms with E-state index in [4.69, 9.17) is 0 Å².